The van der Waals surface area contributed by atoms with E-state index in [1.165, 1.54) is 6.42 Å². The first-order valence-corrected chi connectivity index (χ1v) is 6.27. The van der Waals surface area contributed by atoms with Crippen LogP contribution in [0.3, 0.4) is 0 Å². The normalized spacial score (nSPS) is 14.7. The average Bonchev–Trinajstić information content (AvgIpc) is 2.35. The third-order valence-corrected chi connectivity index (χ3v) is 2.94. The summed E-state index contributed by atoms with van der Waals surface area (Å²) in [5.41, 5.74) is 1.11. The molecular formula is C13H23N3. The summed E-state index contributed by atoms with van der Waals surface area (Å²) >= 11 is 0. The molecule has 0 saturated carbocycles. The third-order valence-electron chi connectivity index (χ3n) is 2.94. The molecule has 2 atom stereocenters. The van der Waals surface area contributed by atoms with Crippen molar-refractivity contribution in [2.75, 3.05) is 6.54 Å². The Kier molecular flexibility index (Phi) is 6.01. The maximum atomic E-state index is 4.35. The van der Waals surface area contributed by atoms with Crippen LogP contribution in [-0.2, 0) is 0 Å². The molecule has 0 fully saturated rings. The number of nitrogens with zero attached hydrogens (tertiary/aromatic N) is 2. The van der Waals surface area contributed by atoms with Gasteiger partial charge in [0.05, 0.1) is 5.69 Å². The first kappa shape index (κ1) is 13.1. The fourth-order valence-corrected chi connectivity index (χ4v) is 1.70. The molecule has 16 heavy (non-hydrogen) atoms. The number of hydrogen-bond acceptors (Lipinski definition) is 3. The SMILES string of the molecule is CCCNC(CC(C)CC)c1ccncn1. The van der Waals surface area contributed by atoms with Crippen molar-refractivity contribution in [1.82, 2.24) is 15.3 Å². The highest BCUT2D eigenvalue weighted by Gasteiger charge is 2.14. The molecule has 0 saturated heterocycles. The predicted octanol–water partition coefficient (Wildman–Crippen LogP) is 2.95. The summed E-state index contributed by atoms with van der Waals surface area (Å²) in [5.74, 6) is 0.726. The molecule has 1 heterocycles. The van der Waals surface area contributed by atoms with E-state index in [9.17, 15) is 0 Å². The van der Waals surface area contributed by atoms with Crippen LogP contribution >= 0.6 is 0 Å². The minimum absolute atomic E-state index is 0.373. The van der Waals surface area contributed by atoms with Gasteiger partial charge in [0.2, 0.25) is 0 Å². The van der Waals surface area contributed by atoms with E-state index >= 15 is 0 Å². The van der Waals surface area contributed by atoms with Gasteiger partial charge in [-0.3, -0.25) is 0 Å². The third kappa shape index (κ3) is 4.27. The monoisotopic (exact) mass is 221 g/mol. The smallest absolute Gasteiger partial charge is 0.115 e. The molecule has 0 aromatic carbocycles. The highest BCUT2D eigenvalue weighted by atomic mass is 14.9. The van der Waals surface area contributed by atoms with Crippen LogP contribution < -0.4 is 5.32 Å². The lowest BCUT2D eigenvalue weighted by molar-refractivity contribution is 0.396. The molecule has 0 spiro atoms. The molecule has 1 aromatic heterocycles. The van der Waals surface area contributed by atoms with Gasteiger partial charge in [-0.1, -0.05) is 27.2 Å². The van der Waals surface area contributed by atoms with Crippen LogP contribution in [0.5, 0.6) is 0 Å². The van der Waals surface area contributed by atoms with Crippen LogP contribution in [0.4, 0.5) is 0 Å². The maximum absolute atomic E-state index is 4.35. The summed E-state index contributed by atoms with van der Waals surface area (Å²) < 4.78 is 0. The van der Waals surface area contributed by atoms with Gasteiger partial charge >= 0.3 is 0 Å². The van der Waals surface area contributed by atoms with Gasteiger partial charge in [-0.2, -0.15) is 0 Å². The Morgan fingerprint density at radius 2 is 2.19 bits per heavy atom. The zero-order valence-electron chi connectivity index (χ0n) is 10.6. The molecule has 0 bridgehead atoms. The fourth-order valence-electron chi connectivity index (χ4n) is 1.70. The van der Waals surface area contributed by atoms with E-state index in [1.807, 2.05) is 12.3 Å². The molecular weight excluding hydrogens is 198 g/mol. The van der Waals surface area contributed by atoms with Crippen molar-refractivity contribution in [3.63, 3.8) is 0 Å². The van der Waals surface area contributed by atoms with Gasteiger partial charge in [-0.05, 0) is 31.4 Å². The minimum atomic E-state index is 0.373. The van der Waals surface area contributed by atoms with Gasteiger partial charge < -0.3 is 5.32 Å². The Bertz CT molecular complexity index is 274. The van der Waals surface area contributed by atoms with Gasteiger partial charge in [0.15, 0.2) is 0 Å². The van der Waals surface area contributed by atoms with Crippen LogP contribution in [0, 0.1) is 5.92 Å². The van der Waals surface area contributed by atoms with E-state index in [1.54, 1.807) is 6.33 Å². The van der Waals surface area contributed by atoms with E-state index in [4.69, 9.17) is 0 Å². The summed E-state index contributed by atoms with van der Waals surface area (Å²) in [6.07, 6.45) is 6.97. The van der Waals surface area contributed by atoms with Crippen LogP contribution in [0.25, 0.3) is 0 Å². The van der Waals surface area contributed by atoms with E-state index in [0.717, 1.165) is 31.0 Å². The summed E-state index contributed by atoms with van der Waals surface area (Å²) in [6, 6.07) is 2.38. The van der Waals surface area contributed by atoms with E-state index in [2.05, 4.69) is 36.1 Å². The summed E-state index contributed by atoms with van der Waals surface area (Å²) in [4.78, 5) is 8.31. The quantitative estimate of drug-likeness (QED) is 0.769. The average molecular weight is 221 g/mol. The van der Waals surface area contributed by atoms with Gasteiger partial charge in [-0.25, -0.2) is 9.97 Å². The van der Waals surface area contributed by atoms with Crippen LogP contribution in [0.2, 0.25) is 0 Å². The van der Waals surface area contributed by atoms with Crippen molar-refractivity contribution < 1.29 is 0 Å². The Hall–Kier alpha value is -0.960. The second-order valence-corrected chi connectivity index (χ2v) is 4.39. The predicted molar refractivity (Wildman–Crippen MR) is 67.1 cm³/mol. The maximum Gasteiger partial charge on any atom is 0.115 e. The van der Waals surface area contributed by atoms with Crippen LogP contribution in [0.15, 0.2) is 18.6 Å². The van der Waals surface area contributed by atoms with Crippen LogP contribution in [0.1, 0.15) is 51.8 Å². The topological polar surface area (TPSA) is 37.8 Å². The Morgan fingerprint density at radius 1 is 1.38 bits per heavy atom. The highest BCUT2D eigenvalue weighted by molar-refractivity contribution is 5.04. The number of aromatic nitrogens is 2. The summed E-state index contributed by atoms with van der Waals surface area (Å²) in [6.45, 7) is 7.77. The van der Waals surface area contributed by atoms with E-state index in [-0.39, 0.29) is 0 Å². The van der Waals surface area contributed by atoms with Crippen molar-refractivity contribution in [1.29, 1.82) is 0 Å². The van der Waals surface area contributed by atoms with Crippen molar-refractivity contribution in [3.8, 4) is 0 Å². The molecule has 1 aromatic rings. The fraction of sp³-hybridized carbons (Fsp3) is 0.692. The minimum Gasteiger partial charge on any atom is -0.309 e. The zero-order chi connectivity index (χ0) is 11.8. The molecule has 90 valence electrons. The Morgan fingerprint density at radius 3 is 2.75 bits per heavy atom. The highest BCUT2D eigenvalue weighted by Crippen LogP contribution is 2.20. The lowest BCUT2D eigenvalue weighted by atomic mass is 9.97. The van der Waals surface area contributed by atoms with Gasteiger partial charge in [-0.15, -0.1) is 0 Å². The number of hydrogen-bond donors (Lipinski definition) is 1. The molecule has 0 amide bonds. The first-order chi connectivity index (χ1) is 7.77. The summed E-state index contributed by atoms with van der Waals surface area (Å²) in [7, 11) is 0. The molecule has 3 nitrogen and oxygen atoms in total. The molecule has 0 aliphatic rings. The van der Waals surface area contributed by atoms with Crippen LogP contribution in [-0.4, -0.2) is 16.5 Å². The standard InChI is InChI=1S/C13H23N3/c1-4-7-15-13(9-11(3)5-2)12-6-8-14-10-16-12/h6,8,10-11,13,15H,4-5,7,9H2,1-3H3. The van der Waals surface area contributed by atoms with Crippen molar-refractivity contribution in [2.45, 2.75) is 46.1 Å². The summed E-state index contributed by atoms with van der Waals surface area (Å²) in [5, 5.41) is 3.56. The van der Waals surface area contributed by atoms with Gasteiger partial charge in [0.25, 0.3) is 0 Å². The van der Waals surface area contributed by atoms with E-state index in [0.29, 0.717) is 6.04 Å². The molecule has 3 heteroatoms. The van der Waals surface area contributed by atoms with Gasteiger partial charge in [0, 0.05) is 12.2 Å². The Balaban J connectivity index is 2.63. The number of nitrogens with one attached hydrogen (secondary N) is 1. The lowest BCUT2D eigenvalue weighted by Gasteiger charge is -2.20. The largest absolute Gasteiger partial charge is 0.309 e. The van der Waals surface area contributed by atoms with Gasteiger partial charge in [0.1, 0.15) is 6.33 Å². The molecule has 1 rings (SSSR count). The Labute approximate surface area is 98.7 Å². The molecule has 2 unspecified atom stereocenters. The van der Waals surface area contributed by atoms with Crippen molar-refractivity contribution >= 4 is 0 Å². The van der Waals surface area contributed by atoms with E-state index < -0.39 is 0 Å². The first-order valence-electron chi connectivity index (χ1n) is 6.27. The second-order valence-electron chi connectivity index (χ2n) is 4.39. The molecule has 0 aliphatic carbocycles. The zero-order valence-corrected chi connectivity index (χ0v) is 10.6. The molecule has 0 aliphatic heterocycles. The number of rotatable bonds is 7. The second kappa shape index (κ2) is 7.34. The molecule has 0 radical (unpaired) electrons. The van der Waals surface area contributed by atoms with Crippen molar-refractivity contribution in [3.05, 3.63) is 24.3 Å². The lowest BCUT2D eigenvalue weighted by Crippen LogP contribution is -2.24. The van der Waals surface area contributed by atoms with Crippen molar-refractivity contribution in [2.24, 2.45) is 5.92 Å². The molecule has 1 N–H and O–H groups in total.